The summed E-state index contributed by atoms with van der Waals surface area (Å²) in [6.45, 7) is 1.31. The second-order valence-corrected chi connectivity index (χ2v) is 4.82. The van der Waals surface area contributed by atoms with Crippen LogP contribution in [0.25, 0.3) is 11.4 Å². The van der Waals surface area contributed by atoms with E-state index in [1.165, 1.54) is 17.4 Å². The van der Waals surface area contributed by atoms with E-state index in [4.69, 9.17) is 0 Å². The van der Waals surface area contributed by atoms with Crippen molar-refractivity contribution in [2.45, 2.75) is 0 Å². The third kappa shape index (κ3) is 3.09. The van der Waals surface area contributed by atoms with E-state index in [0.29, 0.717) is 24.5 Å². The first-order valence-corrected chi connectivity index (χ1v) is 6.93. The van der Waals surface area contributed by atoms with Crippen LogP contribution in [-0.2, 0) is 4.79 Å². The van der Waals surface area contributed by atoms with E-state index in [0.717, 1.165) is 5.56 Å². The number of carbonyl (C=O) groups is 2. The predicted octanol–water partition coefficient (Wildman–Crippen LogP) is 0.220. The van der Waals surface area contributed by atoms with Crippen LogP contribution in [0.15, 0.2) is 42.7 Å². The van der Waals surface area contributed by atoms with Gasteiger partial charge in [-0.3, -0.25) is 20.0 Å². The van der Waals surface area contributed by atoms with Crippen molar-refractivity contribution in [2.75, 3.05) is 19.6 Å². The summed E-state index contributed by atoms with van der Waals surface area (Å²) in [7, 11) is 0. The highest BCUT2D eigenvalue weighted by Crippen LogP contribution is 2.13. The molecule has 2 aromatic rings. The van der Waals surface area contributed by atoms with Crippen molar-refractivity contribution in [1.29, 1.82) is 0 Å². The van der Waals surface area contributed by atoms with Crippen LogP contribution in [0.4, 0.5) is 0 Å². The Hall–Kier alpha value is -2.80. The molecule has 0 atom stereocenters. The van der Waals surface area contributed by atoms with E-state index in [1.807, 2.05) is 30.3 Å². The maximum Gasteiger partial charge on any atom is 0.273 e. The number of benzene rings is 1. The van der Waals surface area contributed by atoms with E-state index in [-0.39, 0.29) is 12.5 Å². The molecule has 22 heavy (non-hydrogen) atoms. The van der Waals surface area contributed by atoms with Crippen molar-refractivity contribution in [1.82, 2.24) is 25.7 Å². The van der Waals surface area contributed by atoms with E-state index in [9.17, 15) is 9.59 Å². The van der Waals surface area contributed by atoms with Gasteiger partial charge in [0.15, 0.2) is 5.82 Å². The minimum absolute atomic E-state index is 0.165. The monoisotopic (exact) mass is 297 g/mol. The van der Waals surface area contributed by atoms with Crippen LogP contribution in [-0.4, -0.2) is 46.4 Å². The van der Waals surface area contributed by atoms with Crippen LogP contribution in [0.2, 0.25) is 0 Å². The van der Waals surface area contributed by atoms with Gasteiger partial charge in [0.25, 0.3) is 11.8 Å². The van der Waals surface area contributed by atoms with Crippen molar-refractivity contribution in [3.63, 3.8) is 0 Å². The first-order chi connectivity index (χ1) is 10.7. The normalized spacial score (nSPS) is 14.7. The molecule has 7 heteroatoms. The lowest BCUT2D eigenvalue weighted by Gasteiger charge is -2.27. The molecule has 7 nitrogen and oxygen atoms in total. The Morgan fingerprint density at radius 3 is 2.59 bits per heavy atom. The van der Waals surface area contributed by atoms with Gasteiger partial charge in [-0.15, -0.1) is 0 Å². The summed E-state index contributed by atoms with van der Waals surface area (Å²) < 4.78 is 0. The zero-order valence-corrected chi connectivity index (χ0v) is 11.8. The molecule has 1 aromatic heterocycles. The molecule has 1 aliphatic rings. The molecule has 1 aromatic carbocycles. The van der Waals surface area contributed by atoms with Crippen molar-refractivity contribution in [3.05, 3.63) is 48.3 Å². The second-order valence-electron chi connectivity index (χ2n) is 4.82. The molecule has 0 unspecified atom stereocenters. The molecule has 1 fully saturated rings. The van der Waals surface area contributed by atoms with Gasteiger partial charge in [-0.25, -0.2) is 9.97 Å². The summed E-state index contributed by atoms with van der Waals surface area (Å²) in [4.78, 5) is 32.1. The Labute approximate surface area is 127 Å². The number of nitrogens with one attached hydrogen (secondary N) is 2. The van der Waals surface area contributed by atoms with Crippen LogP contribution in [0.5, 0.6) is 0 Å². The molecule has 2 N–H and O–H groups in total. The number of hydrazine groups is 1. The van der Waals surface area contributed by atoms with E-state index < -0.39 is 5.91 Å². The van der Waals surface area contributed by atoms with Crippen LogP contribution >= 0.6 is 0 Å². The summed E-state index contributed by atoms with van der Waals surface area (Å²) in [5, 5.41) is 4.25. The van der Waals surface area contributed by atoms with Gasteiger partial charge in [-0.1, -0.05) is 30.3 Å². The van der Waals surface area contributed by atoms with Gasteiger partial charge < -0.3 is 5.32 Å². The van der Waals surface area contributed by atoms with Gasteiger partial charge in [-0.2, -0.15) is 0 Å². The average Bonchev–Trinajstić information content (AvgIpc) is 2.58. The minimum atomic E-state index is -0.394. The highest BCUT2D eigenvalue weighted by Gasteiger charge is 2.20. The molecule has 1 aliphatic heterocycles. The number of rotatable bonds is 3. The molecular formula is C15H15N5O2. The third-order valence-corrected chi connectivity index (χ3v) is 3.27. The standard InChI is InChI=1S/C15H15N5O2/c21-13-10-16-6-7-20(13)19-15(22)12-8-17-14(18-9-12)11-4-2-1-3-5-11/h1-5,8-9,16H,6-7,10H2,(H,19,22). The smallest absolute Gasteiger partial charge is 0.273 e. The number of piperazine rings is 1. The number of hydrogen-bond acceptors (Lipinski definition) is 5. The first-order valence-electron chi connectivity index (χ1n) is 6.93. The number of carbonyl (C=O) groups excluding carboxylic acids is 2. The topological polar surface area (TPSA) is 87.2 Å². The van der Waals surface area contributed by atoms with Gasteiger partial charge in [0, 0.05) is 24.5 Å². The van der Waals surface area contributed by atoms with Gasteiger partial charge in [0.2, 0.25) is 0 Å². The highest BCUT2D eigenvalue weighted by atomic mass is 16.2. The quantitative estimate of drug-likeness (QED) is 0.846. The van der Waals surface area contributed by atoms with Crippen molar-refractivity contribution < 1.29 is 9.59 Å². The lowest BCUT2D eigenvalue weighted by Crippen LogP contribution is -2.55. The van der Waals surface area contributed by atoms with Gasteiger partial charge in [0.05, 0.1) is 18.7 Å². The van der Waals surface area contributed by atoms with Gasteiger partial charge in [-0.05, 0) is 0 Å². The minimum Gasteiger partial charge on any atom is -0.306 e. The van der Waals surface area contributed by atoms with Crippen molar-refractivity contribution in [3.8, 4) is 11.4 Å². The number of hydrogen-bond donors (Lipinski definition) is 2. The van der Waals surface area contributed by atoms with Crippen LogP contribution < -0.4 is 10.7 Å². The molecule has 0 aliphatic carbocycles. The highest BCUT2D eigenvalue weighted by molar-refractivity contribution is 5.95. The third-order valence-electron chi connectivity index (χ3n) is 3.27. The van der Waals surface area contributed by atoms with Crippen molar-refractivity contribution >= 4 is 11.8 Å². The SMILES string of the molecule is O=C(NN1CCNCC1=O)c1cnc(-c2ccccc2)nc1. The number of aromatic nitrogens is 2. The average molecular weight is 297 g/mol. The summed E-state index contributed by atoms with van der Waals surface area (Å²) >= 11 is 0. The van der Waals surface area contributed by atoms with Crippen LogP contribution in [0, 0.1) is 0 Å². The van der Waals surface area contributed by atoms with Crippen LogP contribution in [0.3, 0.4) is 0 Å². The Kier molecular flexibility index (Phi) is 4.06. The molecule has 2 heterocycles. The first kappa shape index (κ1) is 14.2. The summed E-state index contributed by atoms with van der Waals surface area (Å²) in [6.07, 6.45) is 2.91. The molecule has 0 radical (unpaired) electrons. The van der Waals surface area contributed by atoms with Gasteiger partial charge in [0.1, 0.15) is 0 Å². The number of amides is 2. The summed E-state index contributed by atoms with van der Waals surface area (Å²) in [6, 6.07) is 9.50. The molecule has 3 rings (SSSR count). The molecule has 0 bridgehead atoms. The van der Waals surface area contributed by atoms with Gasteiger partial charge >= 0.3 is 0 Å². The fraction of sp³-hybridized carbons (Fsp3) is 0.200. The second kappa shape index (κ2) is 6.31. The van der Waals surface area contributed by atoms with Crippen LogP contribution in [0.1, 0.15) is 10.4 Å². The maximum atomic E-state index is 12.1. The maximum absolute atomic E-state index is 12.1. The number of nitrogens with zero attached hydrogens (tertiary/aromatic N) is 3. The molecular weight excluding hydrogens is 282 g/mol. The molecule has 1 saturated heterocycles. The Balaban J connectivity index is 1.70. The van der Waals surface area contributed by atoms with E-state index >= 15 is 0 Å². The lowest BCUT2D eigenvalue weighted by molar-refractivity contribution is -0.134. The van der Waals surface area contributed by atoms with E-state index in [1.54, 1.807) is 0 Å². The lowest BCUT2D eigenvalue weighted by atomic mass is 10.2. The predicted molar refractivity (Wildman–Crippen MR) is 79.5 cm³/mol. The Morgan fingerprint density at radius 1 is 1.18 bits per heavy atom. The molecule has 2 amide bonds. The fourth-order valence-corrected chi connectivity index (χ4v) is 2.09. The summed E-state index contributed by atoms with van der Waals surface area (Å²) in [5.41, 5.74) is 3.76. The molecule has 0 spiro atoms. The van der Waals surface area contributed by atoms with E-state index in [2.05, 4.69) is 20.7 Å². The molecule has 0 saturated carbocycles. The fourth-order valence-electron chi connectivity index (χ4n) is 2.09. The van der Waals surface area contributed by atoms with Crippen molar-refractivity contribution in [2.24, 2.45) is 0 Å². The molecule has 112 valence electrons. The zero-order valence-electron chi connectivity index (χ0n) is 11.8. The largest absolute Gasteiger partial charge is 0.306 e. The zero-order chi connectivity index (χ0) is 15.4. The Bertz CT molecular complexity index is 672. The Morgan fingerprint density at radius 2 is 1.91 bits per heavy atom. The summed E-state index contributed by atoms with van der Waals surface area (Å²) in [5.74, 6) is -0.00770.